The summed E-state index contributed by atoms with van der Waals surface area (Å²) in [7, 11) is 0. The van der Waals surface area contributed by atoms with Gasteiger partial charge in [0, 0.05) is 27.0 Å². The molecule has 0 aromatic heterocycles. The summed E-state index contributed by atoms with van der Waals surface area (Å²) in [6.45, 7) is -3.02. The maximum absolute atomic E-state index is 14.0. The van der Waals surface area contributed by atoms with E-state index in [1.165, 1.54) is 23.1 Å². The first kappa shape index (κ1) is 22.9. The van der Waals surface area contributed by atoms with Gasteiger partial charge in [-0.05, 0) is 79.9 Å². The number of benzene rings is 3. The molecule has 2 fully saturated rings. The van der Waals surface area contributed by atoms with Gasteiger partial charge in [0.15, 0.2) is 5.72 Å². The van der Waals surface area contributed by atoms with Crippen molar-refractivity contribution in [3.8, 4) is 5.75 Å². The molecule has 5 rings (SSSR count). The smallest absolute Gasteiger partial charge is 0.387 e. The third kappa shape index (κ3) is 3.42. The van der Waals surface area contributed by atoms with E-state index in [9.17, 15) is 18.7 Å². The number of aliphatic hydroxyl groups is 1. The van der Waals surface area contributed by atoms with Crippen molar-refractivity contribution in [1.29, 1.82) is 0 Å². The zero-order chi connectivity index (χ0) is 24.1. The summed E-state index contributed by atoms with van der Waals surface area (Å²) in [6, 6.07) is 18.8. The first-order valence-electron chi connectivity index (χ1n) is 10.7. The van der Waals surface area contributed by atoms with E-state index in [-0.39, 0.29) is 11.3 Å². The minimum absolute atomic E-state index is 0.108. The number of alkyl halides is 2. The van der Waals surface area contributed by atoms with Crippen molar-refractivity contribution in [3.63, 3.8) is 0 Å². The summed E-state index contributed by atoms with van der Waals surface area (Å²) in [5.41, 5.74) is -1.66. The lowest BCUT2D eigenvalue weighted by Crippen LogP contribution is -2.63. The van der Waals surface area contributed by atoms with Crippen molar-refractivity contribution >= 4 is 40.6 Å². The SMILES string of the molecule is O=C1N(c2ccc(Cl)cc2)C2(CCC2)C(O)(c2cccc(OC(F)F)c2)N1c1ccc(Cl)cc1. The Balaban J connectivity index is 1.73. The summed E-state index contributed by atoms with van der Waals surface area (Å²) in [5.74, 6) is -0.108. The molecule has 1 heterocycles. The van der Waals surface area contributed by atoms with Crippen molar-refractivity contribution in [3.05, 3.63) is 88.4 Å². The van der Waals surface area contributed by atoms with Crippen LogP contribution in [0.15, 0.2) is 72.8 Å². The van der Waals surface area contributed by atoms with Crippen molar-refractivity contribution in [2.24, 2.45) is 0 Å². The quantitative estimate of drug-likeness (QED) is 0.415. The van der Waals surface area contributed by atoms with Gasteiger partial charge in [0.25, 0.3) is 0 Å². The molecule has 1 saturated carbocycles. The van der Waals surface area contributed by atoms with Crippen LogP contribution in [0, 0.1) is 0 Å². The highest BCUT2D eigenvalue weighted by molar-refractivity contribution is 6.31. The van der Waals surface area contributed by atoms with Crippen LogP contribution >= 0.6 is 23.2 Å². The van der Waals surface area contributed by atoms with Gasteiger partial charge in [-0.3, -0.25) is 9.80 Å². The lowest BCUT2D eigenvalue weighted by molar-refractivity contribution is -0.0569. The van der Waals surface area contributed by atoms with Gasteiger partial charge in [0.2, 0.25) is 0 Å². The van der Waals surface area contributed by atoms with E-state index in [2.05, 4.69) is 4.74 Å². The number of halogens is 4. The van der Waals surface area contributed by atoms with Crippen LogP contribution in [0.2, 0.25) is 10.0 Å². The number of nitrogens with zero attached hydrogens (tertiary/aromatic N) is 2. The Morgan fingerprint density at radius 1 is 0.882 bits per heavy atom. The van der Waals surface area contributed by atoms with Crippen LogP contribution < -0.4 is 14.5 Å². The molecule has 3 aromatic rings. The molecule has 2 amide bonds. The standard InChI is InChI=1S/C25H20Cl2F2N2O3/c26-17-5-9-19(10-6-17)30-23(32)31(20-11-7-18(27)8-12-20)25(33,24(30)13-2-14-24)16-3-1-4-21(15-16)34-22(28)29/h1,3-12,15,22,33H,2,13-14H2. The Bertz CT molecular complexity index is 1220. The average molecular weight is 505 g/mol. The van der Waals surface area contributed by atoms with Gasteiger partial charge in [0.05, 0.1) is 0 Å². The minimum atomic E-state index is -3.02. The molecule has 2 aliphatic rings. The number of ether oxygens (including phenoxy) is 1. The van der Waals surface area contributed by atoms with Crippen molar-refractivity contribution in [1.82, 2.24) is 0 Å². The fourth-order valence-electron chi connectivity index (χ4n) is 4.99. The molecule has 34 heavy (non-hydrogen) atoms. The number of amides is 2. The highest BCUT2D eigenvalue weighted by Gasteiger charge is 2.70. The molecule has 0 radical (unpaired) electrons. The highest BCUT2D eigenvalue weighted by atomic mass is 35.5. The molecule has 1 aliphatic carbocycles. The van der Waals surface area contributed by atoms with Crippen LogP contribution in [0.3, 0.4) is 0 Å². The van der Waals surface area contributed by atoms with Crippen molar-refractivity contribution in [2.45, 2.75) is 37.1 Å². The van der Waals surface area contributed by atoms with Gasteiger partial charge in [-0.2, -0.15) is 8.78 Å². The highest BCUT2D eigenvalue weighted by Crippen LogP contribution is 2.59. The molecule has 1 atom stereocenters. The average Bonchev–Trinajstić information content (AvgIpc) is 2.99. The summed E-state index contributed by atoms with van der Waals surface area (Å²) >= 11 is 12.1. The largest absolute Gasteiger partial charge is 0.435 e. The lowest BCUT2D eigenvalue weighted by Gasteiger charge is -2.52. The second-order valence-electron chi connectivity index (χ2n) is 8.37. The van der Waals surface area contributed by atoms with Crippen LogP contribution in [0.4, 0.5) is 25.0 Å². The summed E-state index contributed by atoms with van der Waals surface area (Å²) in [4.78, 5) is 16.9. The summed E-state index contributed by atoms with van der Waals surface area (Å²) in [6.07, 6.45) is 1.78. The number of urea groups is 1. The van der Waals surface area contributed by atoms with Crippen LogP contribution in [-0.4, -0.2) is 23.3 Å². The van der Waals surface area contributed by atoms with E-state index in [1.54, 1.807) is 59.5 Å². The molecule has 9 heteroatoms. The van der Waals surface area contributed by atoms with Gasteiger partial charge < -0.3 is 9.84 Å². The van der Waals surface area contributed by atoms with Gasteiger partial charge in [-0.25, -0.2) is 4.79 Å². The monoisotopic (exact) mass is 504 g/mol. The molecule has 1 aliphatic heterocycles. The second kappa shape index (κ2) is 8.41. The Hall–Kier alpha value is -2.87. The number of anilines is 2. The number of hydrogen-bond acceptors (Lipinski definition) is 3. The fourth-order valence-corrected chi connectivity index (χ4v) is 5.24. The van der Waals surface area contributed by atoms with E-state index in [0.29, 0.717) is 34.3 Å². The van der Waals surface area contributed by atoms with Crippen molar-refractivity contribution < 1.29 is 23.4 Å². The fraction of sp³-hybridized carbons (Fsp3) is 0.240. The first-order valence-corrected chi connectivity index (χ1v) is 11.5. The molecule has 1 unspecified atom stereocenters. The first-order chi connectivity index (χ1) is 16.3. The maximum Gasteiger partial charge on any atom is 0.387 e. The van der Waals surface area contributed by atoms with E-state index in [4.69, 9.17) is 23.2 Å². The zero-order valence-electron chi connectivity index (χ0n) is 17.8. The molecular formula is C25H20Cl2F2N2O3. The second-order valence-corrected chi connectivity index (χ2v) is 9.24. The van der Waals surface area contributed by atoms with Gasteiger partial charge in [-0.15, -0.1) is 0 Å². The Kier molecular flexibility index (Phi) is 5.67. The predicted molar refractivity (Wildman–Crippen MR) is 127 cm³/mol. The number of carbonyl (C=O) groups is 1. The van der Waals surface area contributed by atoms with Gasteiger partial charge in [-0.1, -0.05) is 35.3 Å². The third-order valence-electron chi connectivity index (χ3n) is 6.60. The van der Waals surface area contributed by atoms with E-state index < -0.39 is 23.9 Å². The molecule has 0 bridgehead atoms. The normalized spacial score (nSPS) is 21.3. The van der Waals surface area contributed by atoms with Crippen LogP contribution in [0.5, 0.6) is 5.75 Å². The molecular weight excluding hydrogens is 485 g/mol. The van der Waals surface area contributed by atoms with Crippen molar-refractivity contribution in [2.75, 3.05) is 9.80 Å². The Morgan fingerprint density at radius 2 is 1.44 bits per heavy atom. The Morgan fingerprint density at radius 3 is 1.94 bits per heavy atom. The third-order valence-corrected chi connectivity index (χ3v) is 7.10. The van der Waals surface area contributed by atoms with Gasteiger partial charge >= 0.3 is 12.6 Å². The van der Waals surface area contributed by atoms with E-state index >= 15 is 0 Å². The maximum atomic E-state index is 14.0. The minimum Gasteiger partial charge on any atom is -0.435 e. The predicted octanol–water partition coefficient (Wildman–Crippen LogP) is 6.81. The Labute approximate surface area is 205 Å². The number of rotatable bonds is 5. The zero-order valence-corrected chi connectivity index (χ0v) is 19.3. The number of carbonyl (C=O) groups excluding carboxylic acids is 1. The van der Waals surface area contributed by atoms with E-state index in [0.717, 1.165) is 6.42 Å². The lowest BCUT2D eigenvalue weighted by atomic mass is 9.66. The summed E-state index contributed by atoms with van der Waals surface area (Å²) in [5, 5.41) is 13.5. The summed E-state index contributed by atoms with van der Waals surface area (Å²) < 4.78 is 30.5. The molecule has 3 aromatic carbocycles. The van der Waals surface area contributed by atoms with Gasteiger partial charge in [0.1, 0.15) is 11.3 Å². The topological polar surface area (TPSA) is 53.0 Å². The molecule has 1 N–H and O–H groups in total. The van der Waals surface area contributed by atoms with Crippen LogP contribution in [0.1, 0.15) is 24.8 Å². The molecule has 5 nitrogen and oxygen atoms in total. The van der Waals surface area contributed by atoms with Crippen LogP contribution in [0.25, 0.3) is 0 Å². The van der Waals surface area contributed by atoms with Crippen LogP contribution in [-0.2, 0) is 5.72 Å². The number of hydrogen-bond donors (Lipinski definition) is 1. The van der Waals surface area contributed by atoms with E-state index in [1.807, 2.05) is 0 Å². The molecule has 1 saturated heterocycles. The molecule has 1 spiro atoms. The molecule has 176 valence electrons.